The Labute approximate surface area is 174 Å². The van der Waals surface area contributed by atoms with E-state index in [1.54, 1.807) is 19.1 Å². The fourth-order valence-electron chi connectivity index (χ4n) is 3.54. The number of hydrogen-bond acceptors (Lipinski definition) is 5. The van der Waals surface area contributed by atoms with E-state index in [4.69, 9.17) is 4.74 Å². The zero-order valence-electron chi connectivity index (χ0n) is 16.0. The highest BCUT2D eigenvalue weighted by molar-refractivity contribution is 8.15. The van der Waals surface area contributed by atoms with Crippen molar-refractivity contribution in [3.8, 4) is 5.75 Å². The average molecular weight is 431 g/mol. The first-order chi connectivity index (χ1) is 13.9. The van der Waals surface area contributed by atoms with Gasteiger partial charge in [0.05, 0.1) is 17.5 Å². The van der Waals surface area contributed by atoms with Gasteiger partial charge in [-0.3, -0.25) is 4.79 Å². The normalized spacial score (nSPS) is 25.0. The average Bonchev–Trinajstić information content (AvgIpc) is 3.15. The lowest BCUT2D eigenvalue weighted by Crippen LogP contribution is -2.37. The lowest BCUT2D eigenvalue weighted by atomic mass is 10.1. The van der Waals surface area contributed by atoms with Crippen molar-refractivity contribution in [1.82, 2.24) is 4.90 Å². The van der Waals surface area contributed by atoms with E-state index >= 15 is 0 Å². The third kappa shape index (κ3) is 4.64. The topological polar surface area (TPSA) is 76.0 Å². The maximum absolute atomic E-state index is 12.7. The molecule has 3 atom stereocenters. The Morgan fingerprint density at radius 3 is 2.48 bits per heavy atom. The number of fused-ring (bicyclic) bond motifs is 1. The molecule has 0 bridgehead atoms. The Kier molecular flexibility index (Phi) is 5.65. The second-order valence-corrected chi connectivity index (χ2v) is 10.6. The van der Waals surface area contributed by atoms with E-state index in [1.165, 1.54) is 11.8 Å². The lowest BCUT2D eigenvalue weighted by Gasteiger charge is -2.24. The highest BCUT2D eigenvalue weighted by atomic mass is 32.2. The van der Waals surface area contributed by atoms with Crippen molar-refractivity contribution in [2.24, 2.45) is 4.99 Å². The molecule has 29 heavy (non-hydrogen) atoms. The van der Waals surface area contributed by atoms with E-state index in [0.717, 1.165) is 5.56 Å². The summed E-state index contributed by atoms with van der Waals surface area (Å²) in [5.74, 6) is 0.450. The van der Waals surface area contributed by atoms with Crippen molar-refractivity contribution in [2.45, 2.75) is 30.9 Å². The molecule has 2 aromatic rings. The van der Waals surface area contributed by atoms with Crippen LogP contribution >= 0.6 is 11.8 Å². The number of aliphatic imine (C=N–C) groups is 1. The number of hydrogen-bond donors (Lipinski definition) is 0. The van der Waals surface area contributed by atoms with E-state index in [9.17, 15) is 13.2 Å². The van der Waals surface area contributed by atoms with E-state index in [2.05, 4.69) is 4.99 Å². The van der Waals surface area contributed by atoms with Gasteiger partial charge in [0, 0.05) is 11.8 Å². The summed E-state index contributed by atoms with van der Waals surface area (Å²) in [7, 11) is -3.07. The summed E-state index contributed by atoms with van der Waals surface area (Å²) in [6, 6.07) is 18.8. The SMILES string of the molecule is C[C@H](Oc1ccccc1)C(=O)N=C1S[C@@H]2CS(=O)(=O)C[C@@H]2N1Cc1ccccc1. The van der Waals surface area contributed by atoms with Crippen LogP contribution in [0, 0.1) is 0 Å². The number of sulfone groups is 1. The zero-order valence-corrected chi connectivity index (χ0v) is 17.6. The third-order valence-corrected chi connectivity index (χ3v) is 8.23. The van der Waals surface area contributed by atoms with Crippen LogP contribution in [0.3, 0.4) is 0 Å². The lowest BCUT2D eigenvalue weighted by molar-refractivity contribution is -0.123. The van der Waals surface area contributed by atoms with E-state index in [-0.39, 0.29) is 28.7 Å². The molecule has 1 amide bonds. The third-order valence-electron chi connectivity index (χ3n) is 4.98. The Morgan fingerprint density at radius 1 is 1.14 bits per heavy atom. The Morgan fingerprint density at radius 2 is 1.79 bits per heavy atom. The van der Waals surface area contributed by atoms with Gasteiger partial charge in [-0.1, -0.05) is 60.3 Å². The van der Waals surface area contributed by atoms with Crippen LogP contribution in [0.15, 0.2) is 65.7 Å². The van der Waals surface area contributed by atoms with Gasteiger partial charge in [0.15, 0.2) is 21.1 Å². The predicted molar refractivity (Wildman–Crippen MR) is 115 cm³/mol. The zero-order chi connectivity index (χ0) is 20.4. The first-order valence-corrected chi connectivity index (χ1v) is 12.1. The van der Waals surface area contributed by atoms with E-state index < -0.39 is 15.9 Å². The molecule has 0 radical (unpaired) electrons. The van der Waals surface area contributed by atoms with Crippen molar-refractivity contribution in [3.63, 3.8) is 0 Å². The molecule has 0 saturated carbocycles. The molecule has 2 aliphatic heterocycles. The summed E-state index contributed by atoms with van der Waals surface area (Å²) >= 11 is 1.38. The number of rotatable bonds is 5. The van der Waals surface area contributed by atoms with Crippen molar-refractivity contribution in [2.75, 3.05) is 11.5 Å². The molecule has 2 saturated heterocycles. The minimum absolute atomic E-state index is 0.0967. The van der Waals surface area contributed by atoms with Gasteiger partial charge in [0.1, 0.15) is 5.75 Å². The minimum Gasteiger partial charge on any atom is -0.481 e. The summed E-state index contributed by atoms with van der Waals surface area (Å²) in [4.78, 5) is 19.0. The highest BCUT2D eigenvalue weighted by Gasteiger charge is 2.48. The first kappa shape index (κ1) is 20.0. The highest BCUT2D eigenvalue weighted by Crippen LogP contribution is 2.39. The van der Waals surface area contributed by atoms with E-state index in [0.29, 0.717) is 17.5 Å². The van der Waals surface area contributed by atoms with E-state index in [1.807, 2.05) is 53.4 Å². The van der Waals surface area contributed by atoms with Crippen molar-refractivity contribution < 1.29 is 17.9 Å². The monoisotopic (exact) mass is 430 g/mol. The maximum Gasteiger partial charge on any atom is 0.288 e. The molecule has 0 aliphatic carbocycles. The number of carbonyl (C=O) groups excluding carboxylic acids is 1. The van der Waals surface area contributed by atoms with Crippen LogP contribution < -0.4 is 4.74 Å². The van der Waals surface area contributed by atoms with Gasteiger partial charge < -0.3 is 9.64 Å². The molecule has 4 rings (SSSR count). The number of nitrogens with zero attached hydrogens (tertiary/aromatic N) is 2. The van der Waals surface area contributed by atoms with Crippen molar-refractivity contribution >= 4 is 32.7 Å². The number of thioether (sulfide) groups is 1. The second-order valence-electron chi connectivity index (χ2n) is 7.22. The molecule has 8 heteroatoms. The Balaban J connectivity index is 1.54. The Hall–Kier alpha value is -2.32. The smallest absolute Gasteiger partial charge is 0.288 e. The molecule has 0 spiro atoms. The predicted octanol–water partition coefficient (Wildman–Crippen LogP) is 2.75. The van der Waals surface area contributed by atoms with Crippen LogP contribution in [0.2, 0.25) is 0 Å². The van der Waals surface area contributed by atoms with Gasteiger partial charge in [-0.25, -0.2) is 8.42 Å². The number of benzene rings is 2. The quantitative estimate of drug-likeness (QED) is 0.726. The first-order valence-electron chi connectivity index (χ1n) is 9.43. The van der Waals surface area contributed by atoms with Gasteiger partial charge in [-0.05, 0) is 24.6 Å². The molecule has 6 nitrogen and oxygen atoms in total. The largest absolute Gasteiger partial charge is 0.481 e. The minimum atomic E-state index is -3.07. The van der Waals surface area contributed by atoms with Crippen LogP contribution in [0.1, 0.15) is 12.5 Å². The Bertz CT molecular complexity index is 1010. The summed E-state index contributed by atoms with van der Waals surface area (Å²) in [6.07, 6.45) is -0.728. The van der Waals surface area contributed by atoms with Crippen LogP contribution in [-0.4, -0.2) is 53.3 Å². The van der Waals surface area contributed by atoms with Gasteiger partial charge in [0.2, 0.25) is 0 Å². The number of amidine groups is 1. The summed E-state index contributed by atoms with van der Waals surface area (Å²) in [6.45, 7) is 2.19. The van der Waals surface area contributed by atoms with Crippen LogP contribution in [0.25, 0.3) is 0 Å². The van der Waals surface area contributed by atoms with Gasteiger partial charge >= 0.3 is 0 Å². The van der Waals surface area contributed by atoms with Crippen molar-refractivity contribution in [1.29, 1.82) is 0 Å². The molecule has 152 valence electrons. The van der Waals surface area contributed by atoms with Crippen LogP contribution in [0.5, 0.6) is 5.75 Å². The number of amides is 1. The van der Waals surface area contributed by atoms with Crippen molar-refractivity contribution in [3.05, 3.63) is 66.2 Å². The molecule has 0 aromatic heterocycles. The molecular weight excluding hydrogens is 408 g/mol. The molecular formula is C21H22N2O4S2. The molecule has 2 aliphatic rings. The van der Waals surface area contributed by atoms with Crippen LogP contribution in [0.4, 0.5) is 0 Å². The number of para-hydroxylation sites is 1. The van der Waals surface area contributed by atoms with Gasteiger partial charge in [-0.15, -0.1) is 0 Å². The molecule has 0 N–H and O–H groups in total. The standard InChI is InChI=1S/C21H22N2O4S2/c1-15(27-17-10-6-3-7-11-17)20(24)22-21-23(12-16-8-4-2-5-9-16)18-13-29(25,26)14-19(18)28-21/h2-11,15,18-19H,12-14H2,1H3/t15-,18-,19+/m0/s1. The fourth-order valence-corrected chi connectivity index (χ4v) is 7.50. The number of carbonyl (C=O) groups is 1. The van der Waals surface area contributed by atoms with Crippen LogP contribution in [-0.2, 0) is 21.2 Å². The van der Waals surface area contributed by atoms with Gasteiger partial charge in [-0.2, -0.15) is 4.99 Å². The molecule has 2 aromatic carbocycles. The number of ether oxygens (including phenoxy) is 1. The molecule has 0 unspecified atom stereocenters. The summed E-state index contributed by atoms with van der Waals surface area (Å²) < 4.78 is 29.9. The maximum atomic E-state index is 12.7. The summed E-state index contributed by atoms with van der Waals surface area (Å²) in [5.41, 5.74) is 1.05. The molecule has 2 heterocycles. The molecule has 2 fully saturated rings. The second kappa shape index (κ2) is 8.20. The summed E-state index contributed by atoms with van der Waals surface area (Å²) in [5, 5.41) is 0.480. The fraction of sp³-hybridized carbons (Fsp3) is 0.333. The van der Waals surface area contributed by atoms with Gasteiger partial charge in [0.25, 0.3) is 5.91 Å².